The van der Waals surface area contributed by atoms with Gasteiger partial charge in [0.25, 0.3) is 10.0 Å². The molecule has 0 saturated heterocycles. The molecule has 0 saturated carbocycles. The number of halogens is 1. The Hall–Kier alpha value is -3.03. The van der Waals surface area contributed by atoms with Crippen LogP contribution in [0.1, 0.15) is 11.1 Å². The van der Waals surface area contributed by atoms with Crippen LogP contribution in [0.3, 0.4) is 0 Å². The number of hydrogen-bond donors (Lipinski definition) is 1. The second kappa shape index (κ2) is 9.41. The summed E-state index contributed by atoms with van der Waals surface area (Å²) in [7, 11) is -2.70. The Labute approximate surface area is 187 Å². The number of anilines is 2. The summed E-state index contributed by atoms with van der Waals surface area (Å²) in [6.45, 7) is 3.27. The second-order valence-electron chi connectivity index (χ2n) is 7.06. The lowest BCUT2D eigenvalue weighted by atomic mass is 10.2. The molecule has 0 aliphatic rings. The standard InChI is InChI=1S/C23H23ClN2O4S/c1-16-7-10-20(11-8-16)26(15-23(27)25-19-6-4-5-18(24)14-19)31(28,29)22-13-17(2)9-12-21(22)30-3/h4-14H,15H2,1-3H3,(H,25,27). The van der Waals surface area contributed by atoms with Gasteiger partial charge < -0.3 is 10.1 Å². The van der Waals surface area contributed by atoms with E-state index in [-0.39, 0.29) is 10.6 Å². The van der Waals surface area contributed by atoms with Crippen molar-refractivity contribution >= 4 is 38.9 Å². The van der Waals surface area contributed by atoms with Gasteiger partial charge in [-0.1, -0.05) is 41.4 Å². The van der Waals surface area contributed by atoms with E-state index in [0.29, 0.717) is 16.4 Å². The molecule has 8 heteroatoms. The highest BCUT2D eigenvalue weighted by molar-refractivity contribution is 7.93. The summed E-state index contributed by atoms with van der Waals surface area (Å²) in [6, 6.07) is 18.5. The second-order valence-corrected chi connectivity index (χ2v) is 9.33. The summed E-state index contributed by atoms with van der Waals surface area (Å²) in [5.74, 6) is -0.295. The number of aryl methyl sites for hydroxylation is 2. The highest BCUT2D eigenvalue weighted by atomic mass is 35.5. The number of benzene rings is 3. The van der Waals surface area contributed by atoms with Crippen LogP contribution in [0.2, 0.25) is 5.02 Å². The molecule has 6 nitrogen and oxygen atoms in total. The molecule has 0 heterocycles. The Morgan fingerprint density at radius 2 is 1.68 bits per heavy atom. The third-order valence-corrected chi connectivity index (χ3v) is 6.63. The van der Waals surface area contributed by atoms with Crippen molar-refractivity contribution in [2.24, 2.45) is 0 Å². The molecule has 0 radical (unpaired) electrons. The highest BCUT2D eigenvalue weighted by Gasteiger charge is 2.30. The largest absolute Gasteiger partial charge is 0.495 e. The van der Waals surface area contributed by atoms with E-state index in [2.05, 4.69) is 5.32 Å². The zero-order valence-electron chi connectivity index (χ0n) is 17.4. The van der Waals surface area contributed by atoms with Crippen molar-refractivity contribution in [2.45, 2.75) is 18.7 Å². The van der Waals surface area contributed by atoms with Crippen molar-refractivity contribution in [1.82, 2.24) is 0 Å². The summed E-state index contributed by atoms with van der Waals surface area (Å²) < 4.78 is 33.6. The van der Waals surface area contributed by atoms with Crippen LogP contribution in [0.5, 0.6) is 5.75 Å². The Kier molecular flexibility index (Phi) is 6.87. The molecule has 0 aromatic heterocycles. The predicted octanol–water partition coefficient (Wildman–Crippen LogP) is 4.80. The van der Waals surface area contributed by atoms with E-state index in [1.165, 1.54) is 13.2 Å². The maximum absolute atomic E-state index is 13.6. The van der Waals surface area contributed by atoms with Gasteiger partial charge in [0.2, 0.25) is 5.91 Å². The normalized spacial score (nSPS) is 11.1. The number of sulfonamides is 1. The SMILES string of the molecule is COc1ccc(C)cc1S(=O)(=O)N(CC(=O)Nc1cccc(Cl)c1)c1ccc(C)cc1. The van der Waals surface area contributed by atoms with Crippen LogP contribution in [0.25, 0.3) is 0 Å². The van der Waals surface area contributed by atoms with Crippen LogP contribution in [0.4, 0.5) is 11.4 Å². The van der Waals surface area contributed by atoms with E-state index in [1.54, 1.807) is 67.6 Å². The molecule has 1 amide bonds. The van der Waals surface area contributed by atoms with Gasteiger partial charge >= 0.3 is 0 Å². The molecule has 0 spiro atoms. The quantitative estimate of drug-likeness (QED) is 0.551. The molecule has 0 atom stereocenters. The van der Waals surface area contributed by atoms with Crippen molar-refractivity contribution < 1.29 is 17.9 Å². The van der Waals surface area contributed by atoms with Crippen molar-refractivity contribution in [1.29, 1.82) is 0 Å². The van der Waals surface area contributed by atoms with Crippen molar-refractivity contribution in [2.75, 3.05) is 23.3 Å². The van der Waals surface area contributed by atoms with Gasteiger partial charge in [-0.3, -0.25) is 9.10 Å². The monoisotopic (exact) mass is 458 g/mol. The number of amides is 1. The number of carbonyl (C=O) groups is 1. The topological polar surface area (TPSA) is 75.7 Å². The third-order valence-electron chi connectivity index (χ3n) is 4.60. The minimum atomic E-state index is -4.11. The Bertz CT molecular complexity index is 1190. The fourth-order valence-electron chi connectivity index (χ4n) is 3.03. The lowest BCUT2D eigenvalue weighted by molar-refractivity contribution is -0.114. The average Bonchev–Trinajstić information content (AvgIpc) is 2.72. The molecule has 3 rings (SSSR count). The number of hydrogen-bond acceptors (Lipinski definition) is 4. The maximum Gasteiger partial charge on any atom is 0.268 e. The Balaban J connectivity index is 2.01. The fraction of sp³-hybridized carbons (Fsp3) is 0.174. The number of ether oxygens (including phenoxy) is 1. The number of carbonyl (C=O) groups excluding carboxylic acids is 1. The molecule has 1 N–H and O–H groups in total. The summed E-state index contributed by atoms with van der Waals surface area (Å²) in [5, 5.41) is 3.16. The van der Waals surface area contributed by atoms with Gasteiger partial charge in [0.1, 0.15) is 17.2 Å². The Morgan fingerprint density at radius 1 is 1.00 bits per heavy atom. The fourth-order valence-corrected chi connectivity index (χ4v) is 4.88. The zero-order valence-corrected chi connectivity index (χ0v) is 19.0. The number of methoxy groups -OCH3 is 1. The van der Waals surface area contributed by atoms with E-state index in [9.17, 15) is 13.2 Å². The van der Waals surface area contributed by atoms with Crippen LogP contribution >= 0.6 is 11.6 Å². The summed E-state index contributed by atoms with van der Waals surface area (Å²) in [4.78, 5) is 12.8. The van der Waals surface area contributed by atoms with Crippen LogP contribution in [-0.2, 0) is 14.8 Å². The maximum atomic E-state index is 13.6. The van der Waals surface area contributed by atoms with E-state index < -0.39 is 22.5 Å². The predicted molar refractivity (Wildman–Crippen MR) is 124 cm³/mol. The molecule has 0 aliphatic carbocycles. The number of rotatable bonds is 7. The van der Waals surface area contributed by atoms with Crippen molar-refractivity contribution in [3.05, 3.63) is 82.9 Å². The summed E-state index contributed by atoms with van der Waals surface area (Å²) in [5.41, 5.74) is 2.58. The smallest absolute Gasteiger partial charge is 0.268 e. The van der Waals surface area contributed by atoms with Gasteiger partial charge in [0.15, 0.2) is 0 Å². The van der Waals surface area contributed by atoms with Crippen LogP contribution in [-0.4, -0.2) is 28.0 Å². The molecular formula is C23H23ClN2O4S. The van der Waals surface area contributed by atoms with Gasteiger partial charge in [0, 0.05) is 10.7 Å². The summed E-state index contributed by atoms with van der Waals surface area (Å²) >= 11 is 5.97. The molecule has 0 fully saturated rings. The minimum Gasteiger partial charge on any atom is -0.495 e. The van der Waals surface area contributed by atoms with E-state index in [1.807, 2.05) is 6.92 Å². The molecular weight excluding hydrogens is 436 g/mol. The molecule has 3 aromatic carbocycles. The molecule has 0 unspecified atom stereocenters. The average molecular weight is 459 g/mol. The van der Waals surface area contributed by atoms with E-state index in [0.717, 1.165) is 15.4 Å². The van der Waals surface area contributed by atoms with Crippen molar-refractivity contribution in [3.8, 4) is 5.75 Å². The van der Waals surface area contributed by atoms with Crippen LogP contribution in [0, 0.1) is 13.8 Å². The first-order valence-corrected chi connectivity index (χ1v) is 11.3. The van der Waals surface area contributed by atoms with Gasteiger partial charge in [-0.25, -0.2) is 8.42 Å². The summed E-state index contributed by atoms with van der Waals surface area (Å²) in [6.07, 6.45) is 0. The van der Waals surface area contributed by atoms with Gasteiger partial charge in [-0.2, -0.15) is 0 Å². The van der Waals surface area contributed by atoms with E-state index >= 15 is 0 Å². The molecule has 31 heavy (non-hydrogen) atoms. The van der Waals surface area contributed by atoms with Crippen LogP contribution in [0.15, 0.2) is 71.6 Å². The first-order valence-electron chi connectivity index (χ1n) is 9.50. The Morgan fingerprint density at radius 3 is 2.32 bits per heavy atom. The molecule has 0 bridgehead atoms. The van der Waals surface area contributed by atoms with Crippen LogP contribution < -0.4 is 14.4 Å². The third kappa shape index (κ3) is 5.37. The van der Waals surface area contributed by atoms with E-state index in [4.69, 9.17) is 16.3 Å². The number of nitrogens with zero attached hydrogens (tertiary/aromatic N) is 1. The van der Waals surface area contributed by atoms with Gasteiger partial charge in [0.05, 0.1) is 12.8 Å². The number of nitrogens with one attached hydrogen (secondary N) is 1. The lowest BCUT2D eigenvalue weighted by Gasteiger charge is -2.25. The zero-order chi connectivity index (χ0) is 22.6. The first kappa shape index (κ1) is 22.7. The lowest BCUT2D eigenvalue weighted by Crippen LogP contribution is -2.38. The van der Waals surface area contributed by atoms with Crippen molar-refractivity contribution in [3.63, 3.8) is 0 Å². The molecule has 0 aliphatic heterocycles. The molecule has 162 valence electrons. The van der Waals surface area contributed by atoms with Gasteiger partial charge in [-0.05, 0) is 61.9 Å². The first-order chi connectivity index (χ1) is 14.7. The van der Waals surface area contributed by atoms with Gasteiger partial charge in [-0.15, -0.1) is 0 Å². The highest BCUT2D eigenvalue weighted by Crippen LogP contribution is 2.31. The molecule has 3 aromatic rings. The minimum absolute atomic E-state index is 0.00821.